The third-order valence-corrected chi connectivity index (χ3v) is 1.92. The summed E-state index contributed by atoms with van der Waals surface area (Å²) in [5, 5.41) is 3.19. The summed E-state index contributed by atoms with van der Waals surface area (Å²) in [7, 11) is 0. The average molecular weight is 315 g/mol. The number of hydrazone groups is 1. The van der Waals surface area contributed by atoms with Crippen LogP contribution >= 0.6 is 0 Å². The van der Waals surface area contributed by atoms with Crippen LogP contribution in [-0.4, -0.2) is 18.6 Å². The summed E-state index contributed by atoms with van der Waals surface area (Å²) in [5.41, 5.74) is 4.53. The third kappa shape index (κ3) is 5.58. The van der Waals surface area contributed by atoms with Gasteiger partial charge in [0.1, 0.15) is 5.75 Å². The Morgan fingerprint density at radius 3 is 2.33 bits per heavy atom. The topological polar surface area (TPSA) is 76.7 Å². The third-order valence-electron chi connectivity index (χ3n) is 1.92. The van der Waals surface area contributed by atoms with Crippen molar-refractivity contribution < 1.29 is 35.9 Å². The van der Waals surface area contributed by atoms with Crippen molar-refractivity contribution in [1.29, 1.82) is 0 Å². The highest BCUT2D eigenvalue weighted by Gasteiger charge is 2.39. The maximum absolute atomic E-state index is 12.7. The van der Waals surface area contributed by atoms with Crippen molar-refractivity contribution in [2.45, 2.75) is 12.5 Å². The van der Waals surface area contributed by atoms with Gasteiger partial charge in [-0.3, -0.25) is 0 Å². The molecule has 11 heteroatoms. The molecule has 0 unspecified atom stereocenters. The van der Waals surface area contributed by atoms with Crippen LogP contribution in [0.2, 0.25) is 0 Å². The molecule has 0 atom stereocenters. The van der Waals surface area contributed by atoms with Gasteiger partial charge in [-0.15, -0.1) is 13.2 Å². The van der Waals surface area contributed by atoms with E-state index in [0.717, 1.165) is 12.3 Å². The van der Waals surface area contributed by atoms with E-state index in [4.69, 9.17) is 0 Å². The van der Waals surface area contributed by atoms with Gasteiger partial charge in [0.15, 0.2) is 0 Å². The average Bonchev–Trinajstić information content (AvgIpc) is 2.27. The van der Waals surface area contributed by atoms with Crippen molar-refractivity contribution in [3.8, 4) is 5.75 Å². The van der Waals surface area contributed by atoms with E-state index < -0.39 is 29.9 Å². The summed E-state index contributed by atoms with van der Waals surface area (Å²) in [4.78, 5) is 10.3. The number of nitrogens with one attached hydrogen (secondary N) is 1. The van der Waals surface area contributed by atoms with Gasteiger partial charge in [0.05, 0.1) is 11.8 Å². The van der Waals surface area contributed by atoms with Gasteiger partial charge in [0.2, 0.25) is 0 Å². The monoisotopic (exact) mass is 315 g/mol. The molecule has 1 rings (SSSR count). The zero-order valence-corrected chi connectivity index (χ0v) is 9.92. The largest absolute Gasteiger partial charge is 0.573 e. The smallest absolute Gasteiger partial charge is 0.405 e. The molecular formula is C10H7F6N3O2. The van der Waals surface area contributed by atoms with Crippen molar-refractivity contribution in [3.05, 3.63) is 29.3 Å². The zero-order valence-electron chi connectivity index (χ0n) is 9.92. The summed E-state index contributed by atoms with van der Waals surface area (Å²) < 4.78 is 77.4. The molecule has 0 fully saturated rings. The number of carbonyl (C=O) groups is 1. The summed E-state index contributed by atoms with van der Waals surface area (Å²) >= 11 is 0. The van der Waals surface area contributed by atoms with E-state index in [2.05, 4.69) is 15.6 Å². The molecule has 0 aliphatic rings. The zero-order chi connectivity index (χ0) is 16.3. The summed E-state index contributed by atoms with van der Waals surface area (Å²) in [6.45, 7) is 0. The van der Waals surface area contributed by atoms with E-state index >= 15 is 0 Å². The number of urea groups is 1. The van der Waals surface area contributed by atoms with E-state index in [0.29, 0.717) is 12.1 Å². The molecule has 116 valence electrons. The van der Waals surface area contributed by atoms with E-state index in [-0.39, 0.29) is 5.56 Å². The highest BCUT2D eigenvalue weighted by molar-refractivity contribution is 5.82. The van der Waals surface area contributed by atoms with Gasteiger partial charge in [-0.2, -0.15) is 18.3 Å². The Balaban J connectivity index is 3.13. The quantitative estimate of drug-likeness (QED) is 0.511. The lowest BCUT2D eigenvalue weighted by Crippen LogP contribution is -2.24. The Kier molecular flexibility index (Phi) is 4.66. The minimum Gasteiger partial charge on any atom is -0.405 e. The van der Waals surface area contributed by atoms with Gasteiger partial charge in [-0.05, 0) is 23.8 Å². The number of amides is 2. The summed E-state index contributed by atoms with van der Waals surface area (Å²) in [6, 6.07) is 0.705. The second-order valence-corrected chi connectivity index (χ2v) is 3.54. The number of nitrogens with two attached hydrogens (primary N) is 1. The van der Waals surface area contributed by atoms with Crippen molar-refractivity contribution in [2.75, 3.05) is 0 Å². The Morgan fingerprint density at radius 2 is 1.86 bits per heavy atom. The van der Waals surface area contributed by atoms with Crippen LogP contribution in [-0.2, 0) is 6.18 Å². The van der Waals surface area contributed by atoms with Gasteiger partial charge >= 0.3 is 18.6 Å². The normalized spacial score (nSPS) is 12.5. The van der Waals surface area contributed by atoms with Crippen LogP contribution < -0.4 is 15.9 Å². The maximum atomic E-state index is 12.7. The van der Waals surface area contributed by atoms with Gasteiger partial charge < -0.3 is 10.5 Å². The van der Waals surface area contributed by atoms with Crippen LogP contribution in [0.25, 0.3) is 0 Å². The second kappa shape index (κ2) is 5.89. The Morgan fingerprint density at radius 1 is 1.24 bits per heavy atom. The highest BCUT2D eigenvalue weighted by atomic mass is 19.4. The number of ether oxygens (including phenoxy) is 1. The second-order valence-electron chi connectivity index (χ2n) is 3.54. The fourth-order valence-corrected chi connectivity index (χ4v) is 1.23. The fourth-order valence-electron chi connectivity index (χ4n) is 1.23. The van der Waals surface area contributed by atoms with Crippen molar-refractivity contribution in [1.82, 2.24) is 5.43 Å². The molecule has 0 bridgehead atoms. The molecule has 21 heavy (non-hydrogen) atoms. The predicted octanol–water partition coefficient (Wildman–Crippen LogP) is 2.61. The molecule has 0 aliphatic heterocycles. The first-order valence-corrected chi connectivity index (χ1v) is 5.04. The minimum atomic E-state index is -5.26. The minimum absolute atomic E-state index is 0.217. The standard InChI is InChI=1S/C10H7F6N3O2/c11-9(12,13)6-3-5(4-18-19-8(17)20)1-2-7(6)21-10(14,15)16/h1-4H,(H3,17,19,20). The molecule has 3 N–H and O–H groups in total. The molecule has 5 nitrogen and oxygen atoms in total. The first-order valence-electron chi connectivity index (χ1n) is 5.04. The lowest BCUT2D eigenvalue weighted by Gasteiger charge is -2.15. The number of hydrogen-bond donors (Lipinski definition) is 2. The lowest BCUT2D eigenvalue weighted by atomic mass is 10.1. The number of carbonyl (C=O) groups excluding carboxylic acids is 1. The Hall–Kier alpha value is -2.46. The fraction of sp³-hybridized carbons (Fsp3) is 0.200. The molecule has 1 aromatic rings. The summed E-state index contributed by atoms with van der Waals surface area (Å²) in [6.07, 6.45) is -9.55. The van der Waals surface area contributed by atoms with Crippen LogP contribution in [0.1, 0.15) is 11.1 Å². The Bertz CT molecular complexity index is 553. The van der Waals surface area contributed by atoms with Crippen molar-refractivity contribution in [2.24, 2.45) is 10.8 Å². The number of halogens is 6. The number of primary amides is 1. The number of hydrogen-bond acceptors (Lipinski definition) is 3. The summed E-state index contributed by atoms with van der Waals surface area (Å²) in [5.74, 6) is -1.39. The van der Waals surface area contributed by atoms with Crippen molar-refractivity contribution >= 4 is 12.2 Å². The lowest BCUT2D eigenvalue weighted by molar-refractivity contribution is -0.276. The van der Waals surface area contributed by atoms with Gasteiger partial charge in [0.25, 0.3) is 0 Å². The number of nitrogens with zero attached hydrogens (tertiary/aromatic N) is 1. The predicted molar refractivity (Wildman–Crippen MR) is 58.4 cm³/mol. The molecule has 0 aliphatic carbocycles. The van der Waals surface area contributed by atoms with Crippen LogP contribution in [0, 0.1) is 0 Å². The molecule has 0 spiro atoms. The Labute approximate surface area is 113 Å². The molecule has 0 aromatic heterocycles. The first-order chi connectivity index (χ1) is 9.49. The van der Waals surface area contributed by atoms with E-state index in [1.165, 1.54) is 0 Å². The van der Waals surface area contributed by atoms with Crippen LogP contribution in [0.3, 0.4) is 0 Å². The van der Waals surface area contributed by atoms with E-state index in [9.17, 15) is 31.1 Å². The molecule has 0 radical (unpaired) electrons. The van der Waals surface area contributed by atoms with Gasteiger partial charge in [-0.1, -0.05) is 0 Å². The van der Waals surface area contributed by atoms with Crippen molar-refractivity contribution in [3.63, 3.8) is 0 Å². The van der Waals surface area contributed by atoms with Crippen LogP contribution in [0.15, 0.2) is 23.3 Å². The van der Waals surface area contributed by atoms with Gasteiger partial charge in [0, 0.05) is 0 Å². The maximum Gasteiger partial charge on any atom is 0.573 e. The van der Waals surface area contributed by atoms with Gasteiger partial charge in [-0.25, -0.2) is 10.2 Å². The number of benzene rings is 1. The molecule has 1 aromatic carbocycles. The van der Waals surface area contributed by atoms with Crippen LogP contribution in [0.5, 0.6) is 5.75 Å². The van der Waals surface area contributed by atoms with E-state index in [1.807, 2.05) is 0 Å². The number of rotatable bonds is 3. The molecule has 2 amide bonds. The van der Waals surface area contributed by atoms with Crippen LogP contribution in [0.4, 0.5) is 31.1 Å². The number of alkyl halides is 6. The molecule has 0 saturated carbocycles. The first kappa shape index (κ1) is 16.6. The highest BCUT2D eigenvalue weighted by Crippen LogP contribution is 2.38. The SMILES string of the molecule is NC(=O)NN=Cc1ccc(OC(F)(F)F)c(C(F)(F)F)c1. The molecule has 0 heterocycles. The molecular weight excluding hydrogens is 308 g/mol. The molecule has 0 saturated heterocycles. The van der Waals surface area contributed by atoms with E-state index in [1.54, 1.807) is 5.43 Å².